The normalized spacial score (nSPS) is 10.7. The third-order valence-electron chi connectivity index (χ3n) is 4.31. The van der Waals surface area contributed by atoms with Gasteiger partial charge < -0.3 is 16.4 Å². The van der Waals surface area contributed by atoms with Gasteiger partial charge in [-0.25, -0.2) is 17.6 Å². The summed E-state index contributed by atoms with van der Waals surface area (Å²) in [4.78, 5) is 16.6. The van der Waals surface area contributed by atoms with Gasteiger partial charge in [0.1, 0.15) is 23.3 Å². The van der Waals surface area contributed by atoms with Gasteiger partial charge in [0.2, 0.25) is 0 Å². The van der Waals surface area contributed by atoms with Gasteiger partial charge in [0.05, 0.1) is 34.3 Å². The zero-order valence-corrected chi connectivity index (χ0v) is 15.7. The van der Waals surface area contributed by atoms with Crippen molar-refractivity contribution < 1.29 is 22.4 Å². The van der Waals surface area contributed by atoms with Crippen LogP contribution < -0.4 is 16.4 Å². The Balaban J connectivity index is 1.96. The van der Waals surface area contributed by atoms with Crippen LogP contribution in [-0.4, -0.2) is 24.0 Å². The summed E-state index contributed by atoms with van der Waals surface area (Å²) in [5, 5.41) is 5.54. The van der Waals surface area contributed by atoms with Crippen LogP contribution in [0.3, 0.4) is 0 Å². The van der Waals surface area contributed by atoms with E-state index in [2.05, 4.69) is 15.6 Å². The Labute approximate surface area is 169 Å². The number of carbonyl (C=O) groups excluding carboxylic acids is 1. The Bertz CT molecular complexity index is 1050. The van der Waals surface area contributed by atoms with Gasteiger partial charge in [0.15, 0.2) is 0 Å². The number of carbonyl (C=O) groups is 1. The molecule has 0 bridgehead atoms. The number of aromatic nitrogens is 1. The van der Waals surface area contributed by atoms with Gasteiger partial charge in [0.25, 0.3) is 5.91 Å². The van der Waals surface area contributed by atoms with Gasteiger partial charge in [-0.3, -0.25) is 9.78 Å². The monoisotopic (exact) mass is 418 g/mol. The molecule has 4 N–H and O–H groups in total. The summed E-state index contributed by atoms with van der Waals surface area (Å²) in [6.07, 6.45) is 3.53. The van der Waals surface area contributed by atoms with Crippen LogP contribution in [0, 0.1) is 23.3 Å². The summed E-state index contributed by atoms with van der Waals surface area (Å²) in [6, 6.07) is 6.11. The number of pyridine rings is 1. The lowest BCUT2D eigenvalue weighted by molar-refractivity contribution is 0.102. The van der Waals surface area contributed by atoms with Crippen LogP contribution in [0.25, 0.3) is 11.1 Å². The molecule has 0 aliphatic rings. The Morgan fingerprint density at radius 3 is 2.33 bits per heavy atom. The molecule has 30 heavy (non-hydrogen) atoms. The van der Waals surface area contributed by atoms with E-state index in [1.165, 1.54) is 12.4 Å². The molecule has 1 amide bonds. The summed E-state index contributed by atoms with van der Waals surface area (Å²) in [7, 11) is 0. The molecule has 3 aromatic rings. The first-order valence-corrected chi connectivity index (χ1v) is 9.05. The van der Waals surface area contributed by atoms with Gasteiger partial charge in [-0.1, -0.05) is 6.07 Å². The number of rotatable bonds is 7. The zero-order valence-electron chi connectivity index (χ0n) is 15.7. The van der Waals surface area contributed by atoms with E-state index in [1.807, 2.05) is 0 Å². The van der Waals surface area contributed by atoms with Gasteiger partial charge in [-0.15, -0.1) is 0 Å². The summed E-state index contributed by atoms with van der Waals surface area (Å²) >= 11 is 0. The minimum atomic E-state index is -1.38. The molecule has 0 fully saturated rings. The fraction of sp³-hybridized carbons (Fsp3) is 0.143. The predicted molar refractivity (Wildman–Crippen MR) is 106 cm³/mol. The van der Waals surface area contributed by atoms with E-state index in [-0.39, 0.29) is 5.69 Å². The largest absolute Gasteiger partial charge is 0.383 e. The summed E-state index contributed by atoms with van der Waals surface area (Å²) < 4.78 is 57.4. The molecule has 156 valence electrons. The predicted octanol–water partition coefficient (Wildman–Crippen LogP) is 4.32. The number of nitrogens with zero attached hydrogens (tertiary/aromatic N) is 1. The standard InChI is InChI=1S/C21H18F4N4O/c22-13-3-1-4-14(23)18(13)19-15(24)6-5-12(20(19)25)21(30)29-17-11-27-10-7-16(17)28-9-2-8-26/h1,3-7,10-11H,2,8-9,26H2,(H,27,28)(H,29,30). The first-order chi connectivity index (χ1) is 14.4. The highest BCUT2D eigenvalue weighted by atomic mass is 19.1. The molecule has 0 spiro atoms. The minimum absolute atomic E-state index is 0.252. The molecule has 0 unspecified atom stereocenters. The average molecular weight is 418 g/mol. The summed E-state index contributed by atoms with van der Waals surface area (Å²) in [6.45, 7) is 1.00. The molecule has 1 heterocycles. The van der Waals surface area contributed by atoms with E-state index in [0.717, 1.165) is 30.3 Å². The molecule has 0 aliphatic heterocycles. The first-order valence-electron chi connectivity index (χ1n) is 9.05. The Morgan fingerprint density at radius 1 is 0.933 bits per heavy atom. The third kappa shape index (κ3) is 4.41. The van der Waals surface area contributed by atoms with Crippen molar-refractivity contribution in [3.8, 4) is 11.1 Å². The number of hydrogen-bond acceptors (Lipinski definition) is 4. The summed E-state index contributed by atoms with van der Waals surface area (Å²) in [5.41, 5.74) is 3.81. The highest BCUT2D eigenvalue weighted by Crippen LogP contribution is 2.33. The lowest BCUT2D eigenvalue weighted by Gasteiger charge is -2.14. The van der Waals surface area contributed by atoms with Crippen molar-refractivity contribution in [1.82, 2.24) is 4.98 Å². The highest BCUT2D eigenvalue weighted by molar-refractivity contribution is 6.06. The van der Waals surface area contributed by atoms with Crippen molar-refractivity contribution in [2.24, 2.45) is 5.73 Å². The van der Waals surface area contributed by atoms with Gasteiger partial charge in [-0.05, 0) is 43.3 Å². The molecule has 3 rings (SSSR count). The van der Waals surface area contributed by atoms with E-state index in [9.17, 15) is 18.0 Å². The molecule has 0 radical (unpaired) electrons. The van der Waals surface area contributed by atoms with E-state index >= 15 is 4.39 Å². The molecule has 9 heteroatoms. The number of benzene rings is 2. The second-order valence-corrected chi connectivity index (χ2v) is 6.32. The van der Waals surface area contributed by atoms with Crippen molar-refractivity contribution in [1.29, 1.82) is 0 Å². The quantitative estimate of drug-likeness (QED) is 0.394. The van der Waals surface area contributed by atoms with Crippen molar-refractivity contribution in [2.45, 2.75) is 6.42 Å². The number of anilines is 2. The lowest BCUT2D eigenvalue weighted by atomic mass is 9.99. The van der Waals surface area contributed by atoms with E-state index in [1.54, 1.807) is 6.07 Å². The van der Waals surface area contributed by atoms with Crippen LogP contribution in [0.2, 0.25) is 0 Å². The van der Waals surface area contributed by atoms with Crippen LogP contribution in [0.5, 0.6) is 0 Å². The van der Waals surface area contributed by atoms with Crippen molar-refractivity contribution in [3.63, 3.8) is 0 Å². The smallest absolute Gasteiger partial charge is 0.258 e. The molecule has 0 saturated carbocycles. The molecular formula is C21H18F4N4O. The van der Waals surface area contributed by atoms with Crippen LogP contribution in [0.1, 0.15) is 16.8 Å². The van der Waals surface area contributed by atoms with E-state index in [0.29, 0.717) is 25.2 Å². The summed E-state index contributed by atoms with van der Waals surface area (Å²) in [5.74, 6) is -5.80. The second kappa shape index (κ2) is 9.36. The van der Waals surface area contributed by atoms with E-state index < -0.39 is 45.9 Å². The van der Waals surface area contributed by atoms with Crippen LogP contribution in [0.15, 0.2) is 48.8 Å². The first kappa shape index (κ1) is 21.3. The fourth-order valence-electron chi connectivity index (χ4n) is 2.86. The SMILES string of the molecule is NCCCNc1ccncc1NC(=O)c1ccc(F)c(-c2c(F)cccc2F)c1F. The number of hydrogen-bond donors (Lipinski definition) is 3. The minimum Gasteiger partial charge on any atom is -0.383 e. The number of amides is 1. The molecule has 1 aromatic heterocycles. The maximum absolute atomic E-state index is 15.0. The van der Waals surface area contributed by atoms with Crippen LogP contribution >= 0.6 is 0 Å². The topological polar surface area (TPSA) is 80.0 Å². The highest BCUT2D eigenvalue weighted by Gasteiger charge is 2.24. The molecule has 5 nitrogen and oxygen atoms in total. The van der Waals surface area contributed by atoms with Crippen LogP contribution in [-0.2, 0) is 0 Å². The zero-order chi connectivity index (χ0) is 21.7. The number of nitrogens with two attached hydrogens (primary N) is 1. The van der Waals surface area contributed by atoms with Crippen molar-refractivity contribution in [3.05, 3.63) is 77.6 Å². The average Bonchev–Trinajstić information content (AvgIpc) is 2.71. The van der Waals surface area contributed by atoms with Crippen molar-refractivity contribution in [2.75, 3.05) is 23.7 Å². The van der Waals surface area contributed by atoms with Gasteiger partial charge in [0, 0.05) is 12.7 Å². The second-order valence-electron chi connectivity index (χ2n) is 6.32. The molecule has 0 saturated heterocycles. The fourth-order valence-corrected chi connectivity index (χ4v) is 2.86. The van der Waals surface area contributed by atoms with Gasteiger partial charge in [-0.2, -0.15) is 0 Å². The Kier molecular flexibility index (Phi) is 6.63. The molecule has 0 atom stereocenters. The van der Waals surface area contributed by atoms with Gasteiger partial charge >= 0.3 is 0 Å². The maximum atomic E-state index is 15.0. The molecular weight excluding hydrogens is 400 g/mol. The molecule has 2 aromatic carbocycles. The molecule has 0 aliphatic carbocycles. The Hall–Kier alpha value is -3.46. The lowest BCUT2D eigenvalue weighted by Crippen LogP contribution is -2.17. The number of nitrogens with one attached hydrogen (secondary N) is 2. The maximum Gasteiger partial charge on any atom is 0.258 e. The van der Waals surface area contributed by atoms with E-state index in [4.69, 9.17) is 5.73 Å². The number of halogens is 4. The van der Waals surface area contributed by atoms with Crippen LogP contribution in [0.4, 0.5) is 28.9 Å². The third-order valence-corrected chi connectivity index (χ3v) is 4.31. The van der Waals surface area contributed by atoms with Crippen molar-refractivity contribution >= 4 is 17.3 Å². The Morgan fingerprint density at radius 2 is 1.63 bits per heavy atom.